The Morgan fingerprint density at radius 2 is 1.77 bits per heavy atom. The number of nitrogens with zero attached hydrogens (tertiary/aromatic N) is 1. The van der Waals surface area contributed by atoms with Gasteiger partial charge in [-0.1, -0.05) is 19.1 Å². The molecule has 0 saturated heterocycles. The number of carbonyl (C=O) groups is 4. The van der Waals surface area contributed by atoms with Crippen molar-refractivity contribution in [3.8, 4) is 0 Å². The topological polar surface area (TPSA) is 142 Å². The lowest BCUT2D eigenvalue weighted by molar-refractivity contribution is -0.137. The van der Waals surface area contributed by atoms with E-state index in [1.54, 1.807) is 12.1 Å². The van der Waals surface area contributed by atoms with Crippen molar-refractivity contribution in [2.75, 3.05) is 6.54 Å². The molecule has 1 aliphatic heterocycles. The molecule has 1 fully saturated rings. The molecule has 3 rings (SSSR count). The Kier molecular flexibility index (Phi) is 8.66. The van der Waals surface area contributed by atoms with Crippen molar-refractivity contribution < 1.29 is 27.6 Å². The fraction of sp³-hybridized carbons (Fsp3) is 0.500. The van der Waals surface area contributed by atoms with Crippen LogP contribution in [0.3, 0.4) is 0 Å². The number of hydrazine groups is 1. The normalized spacial score (nSPS) is 20.5. The fourth-order valence-corrected chi connectivity index (χ4v) is 5.30. The highest BCUT2D eigenvalue weighted by Gasteiger charge is 2.28. The molecular formula is C24H32N4O6S. The molecule has 1 aliphatic carbocycles. The molecule has 0 spiro atoms. The van der Waals surface area contributed by atoms with Gasteiger partial charge in [0.25, 0.3) is 15.9 Å². The van der Waals surface area contributed by atoms with Gasteiger partial charge in [-0.2, -0.15) is 0 Å². The van der Waals surface area contributed by atoms with Gasteiger partial charge in [0, 0.05) is 24.0 Å². The quantitative estimate of drug-likeness (QED) is 0.439. The van der Waals surface area contributed by atoms with E-state index in [1.807, 2.05) is 18.6 Å². The van der Waals surface area contributed by atoms with Crippen molar-refractivity contribution in [1.29, 1.82) is 0 Å². The number of amides is 4. The molecule has 2 aliphatic rings. The molecule has 10 nitrogen and oxygen atoms in total. The summed E-state index contributed by atoms with van der Waals surface area (Å²) in [5.41, 5.74) is 5.03. The number of benzene rings is 1. The van der Waals surface area contributed by atoms with Crippen LogP contribution < -0.4 is 15.5 Å². The van der Waals surface area contributed by atoms with Crippen molar-refractivity contribution in [3.05, 3.63) is 41.0 Å². The minimum absolute atomic E-state index is 0.00210. The van der Waals surface area contributed by atoms with Crippen molar-refractivity contribution in [1.82, 2.24) is 20.5 Å². The zero-order valence-electron chi connectivity index (χ0n) is 20.0. The summed E-state index contributed by atoms with van der Waals surface area (Å²) in [5, 5.41) is 3.97. The monoisotopic (exact) mass is 504 g/mol. The molecule has 0 atom stereocenters. The molecular weight excluding hydrogens is 472 g/mol. The van der Waals surface area contributed by atoms with E-state index in [-0.39, 0.29) is 35.1 Å². The van der Waals surface area contributed by atoms with Gasteiger partial charge in [-0.25, -0.2) is 22.9 Å². The summed E-state index contributed by atoms with van der Waals surface area (Å²) in [6, 6.07) is 4.96. The van der Waals surface area contributed by atoms with Crippen LogP contribution >= 0.6 is 0 Å². The van der Waals surface area contributed by atoms with E-state index < -0.39 is 16.1 Å². The maximum Gasteiger partial charge on any atom is 0.328 e. The van der Waals surface area contributed by atoms with Crippen LogP contribution in [0.4, 0.5) is 4.79 Å². The maximum absolute atomic E-state index is 12.5. The fourth-order valence-electron chi connectivity index (χ4n) is 4.39. The Hall–Kier alpha value is -3.21. The van der Waals surface area contributed by atoms with Gasteiger partial charge < -0.3 is 10.1 Å². The first-order valence-electron chi connectivity index (χ1n) is 11.8. The lowest BCUT2D eigenvalue weighted by Crippen LogP contribution is -2.45. The van der Waals surface area contributed by atoms with E-state index in [1.165, 1.54) is 17.1 Å². The molecule has 1 saturated carbocycles. The highest BCUT2D eigenvalue weighted by molar-refractivity contribution is 7.90. The minimum Gasteiger partial charge on any atom is -0.335 e. The highest BCUT2D eigenvalue weighted by Crippen LogP contribution is 2.23. The van der Waals surface area contributed by atoms with E-state index in [9.17, 15) is 27.6 Å². The average molecular weight is 505 g/mol. The van der Waals surface area contributed by atoms with Crippen molar-refractivity contribution in [2.24, 2.45) is 5.92 Å². The van der Waals surface area contributed by atoms with Gasteiger partial charge in [-0.15, -0.1) is 0 Å². The molecule has 0 aromatic heterocycles. The van der Waals surface area contributed by atoms with Gasteiger partial charge in [0.2, 0.25) is 5.91 Å². The second-order valence-electron chi connectivity index (χ2n) is 9.01. The van der Waals surface area contributed by atoms with Gasteiger partial charge in [0.15, 0.2) is 0 Å². The number of hydrogen-bond donors (Lipinski definition) is 3. The smallest absolute Gasteiger partial charge is 0.328 e. The molecule has 0 bridgehead atoms. The third kappa shape index (κ3) is 6.91. The summed E-state index contributed by atoms with van der Waals surface area (Å²) in [6.07, 6.45) is 4.62. The van der Waals surface area contributed by atoms with Gasteiger partial charge in [0.05, 0.1) is 11.4 Å². The summed E-state index contributed by atoms with van der Waals surface area (Å²) in [7, 11) is -4.05. The van der Waals surface area contributed by atoms with Crippen LogP contribution in [0, 0.1) is 5.92 Å². The molecule has 0 radical (unpaired) electrons. The minimum atomic E-state index is -4.05. The number of sulfonamides is 1. The summed E-state index contributed by atoms with van der Waals surface area (Å²) in [5.74, 6) is -0.485. The second kappa shape index (κ2) is 11.5. The summed E-state index contributed by atoms with van der Waals surface area (Å²) in [4.78, 5) is 47.5. The van der Waals surface area contributed by atoms with Crippen LogP contribution in [-0.2, 0) is 30.8 Å². The van der Waals surface area contributed by atoms with E-state index in [4.69, 9.17) is 0 Å². The first-order chi connectivity index (χ1) is 16.6. The average Bonchev–Trinajstić information content (AvgIpc) is 3.09. The van der Waals surface area contributed by atoms with Crippen LogP contribution in [0.15, 0.2) is 40.3 Å². The van der Waals surface area contributed by atoms with Gasteiger partial charge in [0.1, 0.15) is 6.29 Å². The van der Waals surface area contributed by atoms with Gasteiger partial charge in [-0.3, -0.25) is 15.0 Å². The van der Waals surface area contributed by atoms with E-state index in [2.05, 4.69) is 10.7 Å². The van der Waals surface area contributed by atoms with Crippen LogP contribution in [0.25, 0.3) is 0 Å². The van der Waals surface area contributed by atoms with Gasteiger partial charge in [-0.05, 0) is 68.7 Å². The van der Waals surface area contributed by atoms with Crippen LogP contribution in [0.1, 0.15) is 57.9 Å². The lowest BCUT2D eigenvalue weighted by Gasteiger charge is -2.26. The third-order valence-electron chi connectivity index (χ3n) is 6.43. The number of rotatable bonds is 9. The standard InChI is InChI=1S/C24H32N4O6S/c1-3-21-16(2)14-28(23(21)31)26-22(30)13-8-17-6-11-20(12-7-17)35(33,34)27-24(32)25-19-9-4-18(15-29)5-10-19/h6-7,11-12,15,18-19H,3-5,8-10,13-14H2,1-2H3,(H,26,30)(H2,25,27,32). The zero-order valence-corrected chi connectivity index (χ0v) is 20.8. The molecule has 35 heavy (non-hydrogen) atoms. The van der Waals surface area contributed by atoms with Gasteiger partial charge >= 0.3 is 6.03 Å². The van der Waals surface area contributed by atoms with Crippen molar-refractivity contribution >= 4 is 34.2 Å². The molecule has 1 aromatic rings. The van der Waals surface area contributed by atoms with E-state index >= 15 is 0 Å². The maximum atomic E-state index is 12.5. The SMILES string of the molecule is CCC1=C(C)CN(NC(=O)CCc2ccc(S(=O)(=O)NC(=O)NC3CCC(C=O)CC3)cc2)C1=O. The van der Waals surface area contributed by atoms with Crippen molar-refractivity contribution in [3.63, 3.8) is 0 Å². The Morgan fingerprint density at radius 1 is 1.11 bits per heavy atom. The number of nitrogens with one attached hydrogen (secondary N) is 3. The second-order valence-corrected chi connectivity index (χ2v) is 10.7. The lowest BCUT2D eigenvalue weighted by atomic mass is 9.87. The first kappa shape index (κ1) is 26.4. The molecule has 3 N–H and O–H groups in total. The summed E-state index contributed by atoms with van der Waals surface area (Å²) >= 11 is 0. The number of urea groups is 1. The van der Waals surface area contributed by atoms with Crippen LogP contribution in [-0.4, -0.2) is 50.1 Å². The summed E-state index contributed by atoms with van der Waals surface area (Å²) in [6.45, 7) is 4.15. The van der Waals surface area contributed by atoms with Crippen molar-refractivity contribution in [2.45, 2.75) is 69.7 Å². The number of aldehydes is 1. The van der Waals surface area contributed by atoms with Crippen LogP contribution in [0.5, 0.6) is 0 Å². The highest BCUT2D eigenvalue weighted by atomic mass is 32.2. The summed E-state index contributed by atoms with van der Waals surface area (Å²) < 4.78 is 27.1. The predicted octanol–water partition coefficient (Wildman–Crippen LogP) is 1.96. The third-order valence-corrected chi connectivity index (χ3v) is 7.77. The van der Waals surface area contributed by atoms with E-state index in [0.717, 1.165) is 23.0 Å². The zero-order chi connectivity index (χ0) is 25.6. The van der Waals surface area contributed by atoms with Crippen LogP contribution in [0.2, 0.25) is 0 Å². The Labute approximate surface area is 205 Å². The Balaban J connectivity index is 1.46. The molecule has 1 heterocycles. The molecule has 1 aromatic carbocycles. The Bertz CT molecular complexity index is 1110. The molecule has 11 heteroatoms. The predicted molar refractivity (Wildman–Crippen MR) is 128 cm³/mol. The number of aryl methyl sites for hydroxylation is 1. The molecule has 0 unspecified atom stereocenters. The molecule has 4 amide bonds. The molecule has 190 valence electrons. The Morgan fingerprint density at radius 3 is 2.34 bits per heavy atom. The number of hydrogen-bond acceptors (Lipinski definition) is 6. The number of carbonyl (C=O) groups excluding carboxylic acids is 4. The first-order valence-corrected chi connectivity index (χ1v) is 13.3. The largest absolute Gasteiger partial charge is 0.335 e. The van der Waals surface area contributed by atoms with E-state index in [0.29, 0.717) is 45.1 Å².